The minimum atomic E-state index is -3.95. The second-order valence-corrected chi connectivity index (χ2v) is 7.91. The predicted octanol–water partition coefficient (Wildman–Crippen LogP) is 3.56. The van der Waals surface area contributed by atoms with Gasteiger partial charge >= 0.3 is 6.09 Å². The zero-order chi connectivity index (χ0) is 17.7. The topological polar surface area (TPSA) is 72.5 Å². The highest BCUT2D eigenvalue weighted by molar-refractivity contribution is 7.90. The first-order valence-electron chi connectivity index (χ1n) is 7.23. The van der Waals surface area contributed by atoms with Crippen molar-refractivity contribution in [1.29, 1.82) is 0 Å². The molecule has 6 heteroatoms. The number of carbonyl (C=O) groups excluding carboxylic acids is 1. The second-order valence-electron chi connectivity index (χ2n) is 6.23. The van der Waals surface area contributed by atoms with E-state index in [4.69, 9.17) is 4.74 Å². The van der Waals surface area contributed by atoms with Crippen LogP contribution < -0.4 is 4.72 Å². The summed E-state index contributed by atoms with van der Waals surface area (Å²) in [6, 6.07) is 6.19. The van der Waals surface area contributed by atoms with Crippen LogP contribution in [0.1, 0.15) is 33.3 Å². The fourth-order valence-electron chi connectivity index (χ4n) is 1.67. The molecular formula is C17H23NO4S. The van der Waals surface area contributed by atoms with Crippen molar-refractivity contribution in [2.45, 2.75) is 45.6 Å². The lowest BCUT2D eigenvalue weighted by atomic mass is 9.89. The lowest BCUT2D eigenvalue weighted by Gasteiger charge is -2.27. The highest BCUT2D eigenvalue weighted by atomic mass is 32.2. The van der Waals surface area contributed by atoms with E-state index in [1.807, 2.05) is 32.4 Å². The zero-order valence-electron chi connectivity index (χ0n) is 14.1. The van der Waals surface area contributed by atoms with Crippen molar-refractivity contribution in [3.63, 3.8) is 0 Å². The van der Waals surface area contributed by atoms with E-state index < -0.39 is 22.2 Å². The van der Waals surface area contributed by atoms with Crippen LogP contribution in [0.25, 0.3) is 0 Å². The number of nitrogens with one attached hydrogen (secondary N) is 1. The molecule has 1 N–H and O–H groups in total. The minimum Gasteiger partial charge on any atom is -0.440 e. The lowest BCUT2D eigenvalue weighted by Crippen LogP contribution is -2.37. The summed E-state index contributed by atoms with van der Waals surface area (Å²) in [6.45, 7) is 9.28. The maximum Gasteiger partial charge on any atom is 0.421 e. The zero-order valence-corrected chi connectivity index (χ0v) is 14.9. The molecule has 0 aliphatic heterocycles. The number of rotatable bonds is 4. The third-order valence-electron chi connectivity index (χ3n) is 3.05. The van der Waals surface area contributed by atoms with E-state index in [1.54, 1.807) is 31.2 Å². The molecule has 0 radical (unpaired) electrons. The van der Waals surface area contributed by atoms with Crippen molar-refractivity contribution in [2.24, 2.45) is 5.41 Å². The normalized spacial score (nSPS) is 12.7. The summed E-state index contributed by atoms with van der Waals surface area (Å²) in [5, 5.41) is 0. The highest BCUT2D eigenvalue weighted by Gasteiger charge is 2.28. The van der Waals surface area contributed by atoms with Gasteiger partial charge in [-0.25, -0.2) is 17.9 Å². The first kappa shape index (κ1) is 19.0. The van der Waals surface area contributed by atoms with Gasteiger partial charge in [-0.05, 0) is 38.1 Å². The van der Waals surface area contributed by atoms with Gasteiger partial charge in [-0.3, -0.25) is 0 Å². The number of benzene rings is 1. The Morgan fingerprint density at radius 1 is 1.26 bits per heavy atom. The first-order valence-corrected chi connectivity index (χ1v) is 8.72. The third-order valence-corrected chi connectivity index (χ3v) is 4.38. The van der Waals surface area contributed by atoms with Crippen LogP contribution in [0, 0.1) is 12.3 Å². The smallest absolute Gasteiger partial charge is 0.421 e. The summed E-state index contributed by atoms with van der Waals surface area (Å²) in [5.41, 5.74) is 3.40. The molecule has 1 aromatic carbocycles. The van der Waals surface area contributed by atoms with Crippen molar-refractivity contribution >= 4 is 16.1 Å². The number of hydrogen-bond acceptors (Lipinski definition) is 4. The number of hydrogen-bond donors (Lipinski definition) is 1. The molecule has 0 aromatic heterocycles. The van der Waals surface area contributed by atoms with Gasteiger partial charge in [0.1, 0.15) is 6.10 Å². The van der Waals surface area contributed by atoms with Crippen LogP contribution in [-0.4, -0.2) is 20.6 Å². The second kappa shape index (κ2) is 7.49. The molecule has 0 saturated heterocycles. The molecule has 1 amide bonds. The molecule has 0 aliphatic rings. The Labute approximate surface area is 138 Å². The van der Waals surface area contributed by atoms with Crippen molar-refractivity contribution in [1.82, 2.24) is 4.72 Å². The van der Waals surface area contributed by atoms with E-state index in [2.05, 4.69) is 5.73 Å². The quantitative estimate of drug-likeness (QED) is 0.853. The van der Waals surface area contributed by atoms with Gasteiger partial charge in [0.05, 0.1) is 4.90 Å². The number of ether oxygens (including phenoxy) is 1. The average molecular weight is 337 g/mol. The Bertz CT molecular complexity index is 706. The molecule has 0 heterocycles. The molecule has 1 rings (SSSR count). The van der Waals surface area contributed by atoms with Crippen molar-refractivity contribution < 1.29 is 17.9 Å². The molecule has 0 saturated carbocycles. The molecule has 126 valence electrons. The number of amides is 1. The van der Waals surface area contributed by atoms with E-state index in [0.29, 0.717) is 0 Å². The summed E-state index contributed by atoms with van der Waals surface area (Å²) in [5.74, 6) is 0. The van der Waals surface area contributed by atoms with Crippen molar-refractivity contribution in [3.05, 3.63) is 47.7 Å². The van der Waals surface area contributed by atoms with Gasteiger partial charge in [0.15, 0.2) is 0 Å². The fraction of sp³-hybridized carbons (Fsp3) is 0.412. The Morgan fingerprint density at radius 2 is 1.83 bits per heavy atom. The van der Waals surface area contributed by atoms with Crippen LogP contribution in [0.4, 0.5) is 4.79 Å². The van der Waals surface area contributed by atoms with Crippen LogP contribution >= 0.6 is 0 Å². The van der Waals surface area contributed by atoms with Gasteiger partial charge in [-0.2, -0.15) is 0 Å². The minimum absolute atomic E-state index is 0.0105. The molecule has 1 atom stereocenters. The number of carbonyl (C=O) groups is 1. The van der Waals surface area contributed by atoms with E-state index in [1.165, 1.54) is 12.1 Å². The fourth-order valence-corrected chi connectivity index (χ4v) is 2.55. The molecule has 0 fully saturated rings. The van der Waals surface area contributed by atoms with E-state index in [-0.39, 0.29) is 10.3 Å². The Morgan fingerprint density at radius 3 is 2.30 bits per heavy atom. The van der Waals surface area contributed by atoms with Gasteiger partial charge in [0.2, 0.25) is 0 Å². The molecule has 1 unspecified atom stereocenters. The monoisotopic (exact) mass is 337 g/mol. The molecule has 0 spiro atoms. The van der Waals surface area contributed by atoms with Crippen molar-refractivity contribution in [2.75, 3.05) is 0 Å². The van der Waals surface area contributed by atoms with Gasteiger partial charge in [-0.15, -0.1) is 5.73 Å². The molecule has 23 heavy (non-hydrogen) atoms. The van der Waals surface area contributed by atoms with Crippen molar-refractivity contribution in [3.8, 4) is 0 Å². The summed E-state index contributed by atoms with van der Waals surface area (Å²) >= 11 is 0. The largest absolute Gasteiger partial charge is 0.440 e. The Hall–Kier alpha value is -2.04. The standard InChI is InChI=1S/C17H23NO4S/c1-6-7-8-15(17(3,4)5)22-16(19)18-23(20,21)14-11-9-13(2)10-12-14/h6,8-12,15H,1-5H3,(H,18,19). The molecule has 1 aromatic rings. The molecule has 5 nitrogen and oxygen atoms in total. The number of aryl methyl sites for hydroxylation is 1. The lowest BCUT2D eigenvalue weighted by molar-refractivity contribution is 0.0655. The third kappa shape index (κ3) is 5.93. The van der Waals surface area contributed by atoms with Gasteiger partial charge in [0, 0.05) is 5.41 Å². The van der Waals surface area contributed by atoms with E-state index >= 15 is 0 Å². The average Bonchev–Trinajstić information content (AvgIpc) is 2.42. The Kier molecular flexibility index (Phi) is 6.19. The van der Waals surface area contributed by atoms with E-state index in [0.717, 1.165) is 5.56 Å². The van der Waals surface area contributed by atoms with Gasteiger partial charge in [0.25, 0.3) is 10.0 Å². The highest BCUT2D eigenvalue weighted by Crippen LogP contribution is 2.23. The predicted molar refractivity (Wildman–Crippen MR) is 89.6 cm³/mol. The van der Waals surface area contributed by atoms with Crippen LogP contribution in [-0.2, 0) is 14.8 Å². The maximum atomic E-state index is 12.2. The Balaban J connectivity index is 2.89. The first-order chi connectivity index (χ1) is 10.6. The maximum absolute atomic E-state index is 12.2. The van der Waals surface area contributed by atoms with E-state index in [9.17, 15) is 13.2 Å². The van der Waals surface area contributed by atoms with Crippen LogP contribution in [0.3, 0.4) is 0 Å². The SMILES string of the molecule is CC=C=CC(OC(=O)NS(=O)(=O)c1ccc(C)cc1)C(C)(C)C. The molecular weight excluding hydrogens is 314 g/mol. The van der Waals surface area contributed by atoms with Gasteiger partial charge in [-0.1, -0.05) is 38.5 Å². The summed E-state index contributed by atoms with van der Waals surface area (Å²) in [7, 11) is -3.95. The molecule has 0 aliphatic carbocycles. The van der Waals surface area contributed by atoms with Crippen LogP contribution in [0.2, 0.25) is 0 Å². The van der Waals surface area contributed by atoms with Crippen LogP contribution in [0.15, 0.2) is 47.0 Å². The summed E-state index contributed by atoms with van der Waals surface area (Å²) < 4.78 is 31.5. The van der Waals surface area contributed by atoms with Gasteiger partial charge < -0.3 is 4.74 Å². The summed E-state index contributed by atoms with van der Waals surface area (Å²) in [6.07, 6.45) is 1.66. The number of sulfonamides is 1. The molecule has 0 bridgehead atoms. The summed E-state index contributed by atoms with van der Waals surface area (Å²) in [4.78, 5) is 12.0. The van der Waals surface area contributed by atoms with Crippen LogP contribution in [0.5, 0.6) is 0 Å².